The molecule has 0 aromatic carbocycles. The van der Waals surface area contributed by atoms with Gasteiger partial charge in [-0.15, -0.1) is 0 Å². The van der Waals surface area contributed by atoms with Gasteiger partial charge in [-0.3, -0.25) is 4.90 Å². The normalized spacial score (nSPS) is 21.2. The Morgan fingerprint density at radius 3 is 2.54 bits per heavy atom. The van der Waals surface area contributed by atoms with Crippen LogP contribution in [0.1, 0.15) is 39.4 Å². The molecule has 1 aliphatic rings. The summed E-state index contributed by atoms with van der Waals surface area (Å²) in [6, 6.07) is 0. The molecule has 2 aromatic rings. The minimum atomic E-state index is -0.921. The molecular weight excluding hydrogens is 330 g/mol. The third kappa shape index (κ3) is 2.53. The molecular formula is C16H20ClN5O2. The van der Waals surface area contributed by atoms with Gasteiger partial charge in [0.25, 0.3) is 0 Å². The molecule has 0 aliphatic carbocycles. The predicted octanol–water partition coefficient (Wildman–Crippen LogP) is 3.54. The van der Waals surface area contributed by atoms with Crippen molar-refractivity contribution < 1.29 is 9.90 Å². The summed E-state index contributed by atoms with van der Waals surface area (Å²) in [6.07, 6.45) is 5.53. The summed E-state index contributed by atoms with van der Waals surface area (Å²) in [6.45, 7) is 6.64. The van der Waals surface area contributed by atoms with E-state index >= 15 is 0 Å². The summed E-state index contributed by atoms with van der Waals surface area (Å²) in [4.78, 5) is 29.1. The van der Waals surface area contributed by atoms with Crippen molar-refractivity contribution >= 4 is 17.7 Å². The number of amides is 1. The predicted molar refractivity (Wildman–Crippen MR) is 89.7 cm³/mol. The largest absolute Gasteiger partial charge is 0.465 e. The molecule has 1 fully saturated rings. The van der Waals surface area contributed by atoms with Crippen molar-refractivity contribution in [3.05, 3.63) is 29.7 Å². The smallest absolute Gasteiger partial charge is 0.408 e. The summed E-state index contributed by atoms with van der Waals surface area (Å²) < 4.78 is 0. The number of hydrogen-bond donors (Lipinski definition) is 2. The first-order valence-electron chi connectivity index (χ1n) is 7.80. The van der Waals surface area contributed by atoms with Crippen LogP contribution in [0.3, 0.4) is 0 Å². The zero-order valence-electron chi connectivity index (χ0n) is 13.9. The second-order valence-electron chi connectivity index (χ2n) is 7.03. The molecule has 3 rings (SSSR count). The summed E-state index contributed by atoms with van der Waals surface area (Å²) in [5.41, 5.74) is 0.488. The topological polar surface area (TPSA) is 95.0 Å². The van der Waals surface area contributed by atoms with Crippen LogP contribution in [0.25, 0.3) is 11.3 Å². The average molecular weight is 350 g/mol. The maximum atomic E-state index is 11.8. The molecule has 0 spiro atoms. The second-order valence-corrected chi connectivity index (χ2v) is 7.37. The standard InChI is InChI=1S/C16H20ClN5O2/c1-15(2,3)16(5-4-6-22(16)14(23)24)12-18-9-11(21-12)10-7-19-13(17)20-8-10/h7-9H,4-6H2,1-3H3,(H,18,21)(H,23,24)/t16-/m1/s1. The molecule has 128 valence electrons. The summed E-state index contributed by atoms with van der Waals surface area (Å²) in [5, 5.41) is 9.86. The highest BCUT2D eigenvalue weighted by molar-refractivity contribution is 6.28. The van der Waals surface area contributed by atoms with E-state index in [1.54, 1.807) is 18.6 Å². The zero-order valence-corrected chi connectivity index (χ0v) is 14.6. The van der Waals surface area contributed by atoms with Gasteiger partial charge < -0.3 is 10.1 Å². The molecule has 8 heteroatoms. The molecule has 24 heavy (non-hydrogen) atoms. The minimum absolute atomic E-state index is 0.178. The van der Waals surface area contributed by atoms with Gasteiger partial charge in [-0.05, 0) is 29.9 Å². The van der Waals surface area contributed by atoms with Gasteiger partial charge in [0, 0.05) is 24.5 Å². The van der Waals surface area contributed by atoms with Crippen LogP contribution in [-0.2, 0) is 5.54 Å². The molecule has 0 unspecified atom stereocenters. The van der Waals surface area contributed by atoms with Gasteiger partial charge >= 0.3 is 6.09 Å². The molecule has 1 saturated heterocycles. The highest BCUT2D eigenvalue weighted by Crippen LogP contribution is 2.50. The number of carboxylic acid groups (broad SMARTS) is 1. The number of aromatic amines is 1. The number of halogens is 1. The Morgan fingerprint density at radius 2 is 1.96 bits per heavy atom. The minimum Gasteiger partial charge on any atom is -0.465 e. The van der Waals surface area contributed by atoms with Gasteiger partial charge in [0.1, 0.15) is 11.4 Å². The molecule has 2 aromatic heterocycles. The Hall–Kier alpha value is -2.15. The van der Waals surface area contributed by atoms with Gasteiger partial charge in [-0.2, -0.15) is 0 Å². The van der Waals surface area contributed by atoms with E-state index in [0.29, 0.717) is 12.4 Å². The molecule has 7 nitrogen and oxygen atoms in total. The lowest BCUT2D eigenvalue weighted by atomic mass is 9.71. The first-order chi connectivity index (χ1) is 11.3. The van der Waals surface area contributed by atoms with Crippen molar-refractivity contribution in [2.24, 2.45) is 5.41 Å². The van der Waals surface area contributed by atoms with Crippen molar-refractivity contribution in [2.75, 3.05) is 6.54 Å². The van der Waals surface area contributed by atoms with Crippen LogP contribution in [-0.4, -0.2) is 42.6 Å². The molecule has 0 radical (unpaired) electrons. The van der Waals surface area contributed by atoms with E-state index in [1.807, 2.05) is 20.8 Å². The zero-order chi connectivity index (χ0) is 17.5. The lowest BCUT2D eigenvalue weighted by molar-refractivity contribution is 0.0217. The van der Waals surface area contributed by atoms with Crippen LogP contribution >= 0.6 is 11.6 Å². The monoisotopic (exact) mass is 349 g/mol. The Bertz CT molecular complexity index is 753. The number of carbonyl (C=O) groups is 1. The molecule has 2 N–H and O–H groups in total. The number of aromatic nitrogens is 4. The van der Waals surface area contributed by atoms with Crippen LogP contribution < -0.4 is 0 Å². The maximum Gasteiger partial charge on any atom is 0.408 e. The molecule has 0 saturated carbocycles. The van der Waals surface area contributed by atoms with E-state index in [4.69, 9.17) is 11.6 Å². The fourth-order valence-corrected chi connectivity index (χ4v) is 3.69. The van der Waals surface area contributed by atoms with Crippen LogP contribution in [0.2, 0.25) is 5.28 Å². The fourth-order valence-electron chi connectivity index (χ4n) is 3.59. The third-order valence-electron chi connectivity index (χ3n) is 4.75. The summed E-state index contributed by atoms with van der Waals surface area (Å²) >= 11 is 5.72. The van der Waals surface area contributed by atoms with E-state index < -0.39 is 11.6 Å². The lowest BCUT2D eigenvalue weighted by Gasteiger charge is -2.45. The number of nitrogens with zero attached hydrogens (tertiary/aromatic N) is 4. The van der Waals surface area contributed by atoms with Crippen molar-refractivity contribution in [2.45, 2.75) is 39.2 Å². The van der Waals surface area contributed by atoms with Crippen molar-refractivity contribution in [3.8, 4) is 11.3 Å². The quantitative estimate of drug-likeness (QED) is 0.808. The number of imidazole rings is 1. The second kappa shape index (κ2) is 5.73. The summed E-state index contributed by atoms with van der Waals surface area (Å²) in [5.74, 6) is 0.653. The van der Waals surface area contributed by atoms with Crippen LogP contribution in [0.15, 0.2) is 18.6 Å². The third-order valence-corrected chi connectivity index (χ3v) is 4.95. The van der Waals surface area contributed by atoms with Crippen molar-refractivity contribution in [1.82, 2.24) is 24.8 Å². The molecule has 1 amide bonds. The van der Waals surface area contributed by atoms with Gasteiger partial charge in [-0.25, -0.2) is 19.7 Å². The van der Waals surface area contributed by atoms with Gasteiger partial charge in [-0.1, -0.05) is 20.8 Å². The van der Waals surface area contributed by atoms with E-state index in [9.17, 15) is 9.90 Å². The van der Waals surface area contributed by atoms with Gasteiger partial charge in [0.15, 0.2) is 0 Å². The SMILES string of the molecule is CC(C)(C)[C@]1(c2ncc(-c3cnc(Cl)nc3)[nH]2)CCCN1C(=O)O. The van der Waals surface area contributed by atoms with E-state index in [1.165, 1.54) is 4.90 Å². The highest BCUT2D eigenvalue weighted by atomic mass is 35.5. The lowest BCUT2D eigenvalue weighted by Crippen LogP contribution is -2.53. The first-order valence-corrected chi connectivity index (χ1v) is 8.17. The summed E-state index contributed by atoms with van der Waals surface area (Å²) in [7, 11) is 0. The maximum absolute atomic E-state index is 11.8. The van der Waals surface area contributed by atoms with E-state index in [2.05, 4.69) is 19.9 Å². The number of rotatable bonds is 2. The highest BCUT2D eigenvalue weighted by Gasteiger charge is 2.55. The number of hydrogen-bond acceptors (Lipinski definition) is 4. The van der Waals surface area contributed by atoms with Gasteiger partial charge in [0.05, 0.1) is 11.9 Å². The number of H-pyrrole nitrogens is 1. The Balaban J connectivity index is 2.07. The Labute approximate surface area is 145 Å². The Morgan fingerprint density at radius 1 is 1.29 bits per heavy atom. The van der Waals surface area contributed by atoms with E-state index in [-0.39, 0.29) is 10.7 Å². The molecule has 1 aliphatic heterocycles. The van der Waals surface area contributed by atoms with Crippen LogP contribution in [0.4, 0.5) is 4.79 Å². The number of likely N-dealkylation sites (tertiary alicyclic amines) is 1. The van der Waals surface area contributed by atoms with Crippen LogP contribution in [0.5, 0.6) is 0 Å². The van der Waals surface area contributed by atoms with Gasteiger partial charge in [0.2, 0.25) is 5.28 Å². The average Bonchev–Trinajstić information content (AvgIpc) is 3.14. The first kappa shape index (κ1) is 16.7. The molecule has 1 atom stereocenters. The van der Waals surface area contributed by atoms with Crippen molar-refractivity contribution in [3.63, 3.8) is 0 Å². The number of nitrogens with one attached hydrogen (secondary N) is 1. The van der Waals surface area contributed by atoms with Crippen LogP contribution in [0, 0.1) is 5.41 Å². The van der Waals surface area contributed by atoms with E-state index in [0.717, 1.165) is 24.1 Å². The Kier molecular flexibility index (Phi) is 3.99. The van der Waals surface area contributed by atoms with Crippen molar-refractivity contribution in [1.29, 1.82) is 0 Å². The molecule has 0 bridgehead atoms. The fraction of sp³-hybridized carbons (Fsp3) is 0.500. The molecule has 3 heterocycles.